The summed E-state index contributed by atoms with van der Waals surface area (Å²) in [7, 11) is 0. The Morgan fingerprint density at radius 1 is 1.20 bits per heavy atom. The normalized spacial score (nSPS) is 11.7. The number of carbonyl (C=O) groups excluding carboxylic acids is 1. The van der Waals surface area contributed by atoms with Crippen molar-refractivity contribution in [3.05, 3.63) is 35.9 Å². The molecule has 0 radical (unpaired) electrons. The molecule has 1 aromatic rings. The highest BCUT2D eigenvalue weighted by atomic mass is 16.2. The zero-order valence-corrected chi connectivity index (χ0v) is 9.82. The topological polar surface area (TPSA) is 20.3 Å². The maximum Gasteiger partial charge on any atom is 0.254 e. The lowest BCUT2D eigenvalue weighted by molar-refractivity contribution is 0.0644. The van der Waals surface area contributed by atoms with Crippen LogP contribution in [0.2, 0.25) is 0 Å². The highest BCUT2D eigenvalue weighted by molar-refractivity contribution is 5.94. The molecular weight excluding hydrogens is 186 g/mol. The summed E-state index contributed by atoms with van der Waals surface area (Å²) in [5.41, 5.74) is 0.477. The molecule has 0 saturated heterocycles. The predicted octanol–water partition coefficient (Wildman–Crippen LogP) is 2.95. The van der Waals surface area contributed by atoms with Gasteiger partial charge in [-0.1, -0.05) is 18.2 Å². The minimum Gasteiger partial charge on any atom is -0.334 e. The molecule has 2 heteroatoms. The summed E-state index contributed by atoms with van der Waals surface area (Å²) >= 11 is 0. The van der Waals surface area contributed by atoms with E-state index >= 15 is 0 Å². The fourth-order valence-electron chi connectivity index (χ4n) is 1.73. The second-order valence-electron chi connectivity index (χ2n) is 4.18. The van der Waals surface area contributed by atoms with Gasteiger partial charge in [0.2, 0.25) is 0 Å². The number of carbonyl (C=O) groups is 1. The van der Waals surface area contributed by atoms with Crippen molar-refractivity contribution in [2.75, 3.05) is 0 Å². The summed E-state index contributed by atoms with van der Waals surface area (Å²) in [6.45, 7) is 7.96. The molecule has 0 heterocycles. The molecule has 1 rings (SSSR count). The second-order valence-corrected chi connectivity index (χ2v) is 4.18. The number of amides is 1. The van der Waals surface area contributed by atoms with Crippen LogP contribution < -0.4 is 0 Å². The van der Waals surface area contributed by atoms with Gasteiger partial charge in [0.05, 0.1) is 1.37 Å². The summed E-state index contributed by atoms with van der Waals surface area (Å²) in [4.78, 5) is 14.1. The van der Waals surface area contributed by atoms with Crippen LogP contribution in [0.4, 0.5) is 0 Å². The van der Waals surface area contributed by atoms with Gasteiger partial charge < -0.3 is 4.90 Å². The van der Waals surface area contributed by atoms with E-state index in [1.54, 1.807) is 29.2 Å². The molecule has 2 nitrogen and oxygen atoms in total. The van der Waals surface area contributed by atoms with Gasteiger partial charge in [0.1, 0.15) is 0 Å². The van der Waals surface area contributed by atoms with Crippen molar-refractivity contribution in [2.45, 2.75) is 39.8 Å². The standard InChI is InChI=1S/C13H19NO/c1-10(2)14(11(3)4)13(15)12-8-6-5-7-9-12/h5-11H,1-4H3/i8D. The first-order valence-electron chi connectivity index (χ1n) is 5.83. The van der Waals surface area contributed by atoms with E-state index in [1.165, 1.54) is 0 Å². The summed E-state index contributed by atoms with van der Waals surface area (Å²) in [5, 5.41) is 0. The number of hydrogen-bond acceptors (Lipinski definition) is 1. The fourth-order valence-corrected chi connectivity index (χ4v) is 1.73. The lowest BCUT2D eigenvalue weighted by atomic mass is 10.1. The third kappa shape index (κ3) is 2.82. The lowest BCUT2D eigenvalue weighted by Crippen LogP contribution is -2.42. The van der Waals surface area contributed by atoms with Gasteiger partial charge in [-0.15, -0.1) is 0 Å². The van der Waals surface area contributed by atoms with Crippen LogP contribution in [0, 0.1) is 0 Å². The Balaban J connectivity index is 3.05. The van der Waals surface area contributed by atoms with Crippen molar-refractivity contribution in [1.82, 2.24) is 4.90 Å². The van der Waals surface area contributed by atoms with Crippen LogP contribution in [-0.4, -0.2) is 22.9 Å². The monoisotopic (exact) mass is 206 g/mol. The minimum atomic E-state index is -0.0596. The van der Waals surface area contributed by atoms with Gasteiger partial charge in [-0.05, 0) is 39.8 Å². The smallest absolute Gasteiger partial charge is 0.254 e. The van der Waals surface area contributed by atoms with Gasteiger partial charge in [-0.3, -0.25) is 4.79 Å². The van der Waals surface area contributed by atoms with Gasteiger partial charge in [-0.2, -0.15) is 0 Å². The van der Waals surface area contributed by atoms with Gasteiger partial charge >= 0.3 is 0 Å². The maximum absolute atomic E-state index is 12.3. The summed E-state index contributed by atoms with van der Waals surface area (Å²) in [6.07, 6.45) is 0. The first kappa shape index (κ1) is 10.2. The van der Waals surface area contributed by atoms with E-state index in [9.17, 15) is 4.79 Å². The Bertz CT molecular complexity index is 366. The number of nitrogens with zero attached hydrogens (tertiary/aromatic N) is 1. The number of benzene rings is 1. The van der Waals surface area contributed by atoms with Crippen molar-refractivity contribution in [3.8, 4) is 0 Å². The molecule has 0 atom stereocenters. The summed E-state index contributed by atoms with van der Waals surface area (Å²) in [5.74, 6) is -0.0596. The van der Waals surface area contributed by atoms with Crippen molar-refractivity contribution in [3.63, 3.8) is 0 Å². The Labute approximate surface area is 93.3 Å². The van der Waals surface area contributed by atoms with E-state index < -0.39 is 0 Å². The van der Waals surface area contributed by atoms with Crippen LogP contribution in [0.15, 0.2) is 30.3 Å². The lowest BCUT2D eigenvalue weighted by Gasteiger charge is -2.30. The molecular formula is C13H19NO. The maximum atomic E-state index is 12.3. The molecule has 0 aliphatic heterocycles. The van der Waals surface area contributed by atoms with Crippen LogP contribution in [0.3, 0.4) is 0 Å². The fraction of sp³-hybridized carbons (Fsp3) is 0.462. The van der Waals surface area contributed by atoms with Gasteiger partial charge in [0.25, 0.3) is 5.91 Å². The highest BCUT2D eigenvalue weighted by Crippen LogP contribution is 2.11. The third-order valence-corrected chi connectivity index (χ3v) is 2.29. The van der Waals surface area contributed by atoms with E-state index in [0.717, 1.165) is 0 Å². The Kier molecular flexibility index (Phi) is 3.38. The van der Waals surface area contributed by atoms with Crippen molar-refractivity contribution >= 4 is 5.91 Å². The average molecular weight is 206 g/mol. The number of hydrogen-bond donors (Lipinski definition) is 0. The van der Waals surface area contributed by atoms with Crippen molar-refractivity contribution in [1.29, 1.82) is 0 Å². The zero-order chi connectivity index (χ0) is 12.3. The van der Waals surface area contributed by atoms with Gasteiger partial charge in [0.15, 0.2) is 0 Å². The van der Waals surface area contributed by atoms with E-state index in [-0.39, 0.29) is 18.0 Å². The minimum absolute atomic E-state index is 0.0596. The Hall–Kier alpha value is -1.31. The Morgan fingerprint density at radius 3 is 2.27 bits per heavy atom. The molecule has 0 spiro atoms. The summed E-state index contributed by atoms with van der Waals surface area (Å²) < 4.78 is 7.73. The molecule has 0 aliphatic carbocycles. The van der Waals surface area contributed by atoms with E-state index in [4.69, 9.17) is 1.37 Å². The molecule has 0 fully saturated rings. The Morgan fingerprint density at radius 2 is 1.80 bits per heavy atom. The quantitative estimate of drug-likeness (QED) is 0.744. The molecule has 0 aliphatic rings. The number of rotatable bonds is 3. The zero-order valence-electron chi connectivity index (χ0n) is 10.8. The van der Waals surface area contributed by atoms with Crippen LogP contribution in [-0.2, 0) is 0 Å². The van der Waals surface area contributed by atoms with Gasteiger partial charge in [-0.25, -0.2) is 0 Å². The molecule has 82 valence electrons. The van der Waals surface area contributed by atoms with Crippen LogP contribution in [0.1, 0.15) is 39.4 Å². The molecule has 0 aromatic heterocycles. The highest BCUT2D eigenvalue weighted by Gasteiger charge is 2.20. The summed E-state index contributed by atoms with van der Waals surface area (Å²) in [6, 6.07) is 7.50. The molecule has 0 saturated carbocycles. The first-order valence-corrected chi connectivity index (χ1v) is 5.33. The molecule has 0 bridgehead atoms. The molecule has 15 heavy (non-hydrogen) atoms. The first-order chi connectivity index (χ1) is 7.45. The van der Waals surface area contributed by atoms with Crippen LogP contribution in [0.5, 0.6) is 0 Å². The van der Waals surface area contributed by atoms with E-state index in [0.29, 0.717) is 11.6 Å². The average Bonchev–Trinajstić information content (AvgIpc) is 2.16. The van der Waals surface area contributed by atoms with E-state index in [2.05, 4.69) is 0 Å². The second kappa shape index (κ2) is 4.96. The van der Waals surface area contributed by atoms with Gasteiger partial charge in [0, 0.05) is 17.6 Å². The largest absolute Gasteiger partial charge is 0.334 e. The van der Waals surface area contributed by atoms with Crippen LogP contribution >= 0.6 is 0 Å². The molecule has 1 amide bonds. The molecule has 0 N–H and O–H groups in total. The predicted molar refractivity (Wildman–Crippen MR) is 62.9 cm³/mol. The third-order valence-electron chi connectivity index (χ3n) is 2.29. The van der Waals surface area contributed by atoms with Crippen molar-refractivity contribution in [2.24, 2.45) is 0 Å². The van der Waals surface area contributed by atoms with E-state index in [1.807, 2.05) is 27.7 Å². The van der Waals surface area contributed by atoms with Crippen molar-refractivity contribution < 1.29 is 6.17 Å². The van der Waals surface area contributed by atoms with Crippen LogP contribution in [0.25, 0.3) is 0 Å². The molecule has 0 unspecified atom stereocenters. The SMILES string of the molecule is [2H]c1ccccc1C(=O)N(C(C)C)C(C)C. The molecule has 1 aromatic carbocycles.